The number of likely N-dealkylation sites (tertiary alicyclic amines) is 1. The molecule has 0 spiro atoms. The second-order valence-corrected chi connectivity index (χ2v) is 5.96. The van der Waals surface area contributed by atoms with Crippen LogP contribution in [0.5, 0.6) is 0 Å². The van der Waals surface area contributed by atoms with E-state index in [-0.39, 0.29) is 17.2 Å². The number of rotatable bonds is 6. The zero-order valence-corrected chi connectivity index (χ0v) is 13.3. The lowest BCUT2D eigenvalue weighted by Gasteiger charge is -2.34. The SMILES string of the molecule is CCC1(CC)CCN(C(=O)C(CC)(CC)C(N)=NO)C1. The number of oxime groups is 1. The van der Waals surface area contributed by atoms with Gasteiger partial charge in [0.2, 0.25) is 5.91 Å². The van der Waals surface area contributed by atoms with Gasteiger partial charge in [-0.1, -0.05) is 32.9 Å². The molecule has 0 unspecified atom stereocenters. The number of hydrogen-bond acceptors (Lipinski definition) is 3. The third kappa shape index (κ3) is 2.63. The molecule has 0 aromatic carbocycles. The molecule has 0 bridgehead atoms. The summed E-state index contributed by atoms with van der Waals surface area (Å²) in [7, 11) is 0. The Morgan fingerprint density at radius 3 is 2.20 bits per heavy atom. The van der Waals surface area contributed by atoms with Crippen LogP contribution in [0.15, 0.2) is 5.16 Å². The van der Waals surface area contributed by atoms with Gasteiger partial charge in [0.05, 0.1) is 0 Å². The molecule has 1 aliphatic heterocycles. The molecule has 0 aliphatic carbocycles. The van der Waals surface area contributed by atoms with Gasteiger partial charge in [0.25, 0.3) is 0 Å². The van der Waals surface area contributed by atoms with E-state index in [9.17, 15) is 4.79 Å². The molecule has 0 atom stereocenters. The average molecular weight is 283 g/mol. The van der Waals surface area contributed by atoms with E-state index in [1.807, 2.05) is 18.7 Å². The maximum absolute atomic E-state index is 12.9. The zero-order valence-electron chi connectivity index (χ0n) is 13.3. The van der Waals surface area contributed by atoms with Crippen molar-refractivity contribution < 1.29 is 10.0 Å². The van der Waals surface area contributed by atoms with Gasteiger partial charge < -0.3 is 15.8 Å². The highest BCUT2D eigenvalue weighted by molar-refractivity contribution is 6.06. The van der Waals surface area contributed by atoms with Crippen molar-refractivity contribution >= 4 is 11.7 Å². The Balaban J connectivity index is 2.99. The summed E-state index contributed by atoms with van der Waals surface area (Å²) in [6.45, 7) is 9.78. The van der Waals surface area contributed by atoms with E-state index in [4.69, 9.17) is 10.9 Å². The smallest absolute Gasteiger partial charge is 0.236 e. The van der Waals surface area contributed by atoms with Gasteiger partial charge in [-0.15, -0.1) is 0 Å². The molecule has 0 saturated carbocycles. The van der Waals surface area contributed by atoms with Crippen molar-refractivity contribution in [3.8, 4) is 0 Å². The van der Waals surface area contributed by atoms with Crippen molar-refractivity contribution in [1.29, 1.82) is 0 Å². The first kappa shape index (κ1) is 16.8. The maximum atomic E-state index is 12.9. The normalized spacial score (nSPS) is 19.4. The first-order valence-electron chi connectivity index (χ1n) is 7.72. The average Bonchev–Trinajstić information content (AvgIpc) is 2.93. The summed E-state index contributed by atoms with van der Waals surface area (Å²) in [5, 5.41) is 12.1. The third-order valence-corrected chi connectivity index (χ3v) is 5.44. The van der Waals surface area contributed by atoms with Crippen LogP contribution in [0.4, 0.5) is 0 Å². The quantitative estimate of drug-likeness (QED) is 0.340. The van der Waals surface area contributed by atoms with E-state index in [1.54, 1.807) is 0 Å². The molecule has 5 heteroatoms. The fourth-order valence-electron chi connectivity index (χ4n) is 3.36. The molecule has 116 valence electrons. The van der Waals surface area contributed by atoms with Gasteiger partial charge in [-0.05, 0) is 37.5 Å². The minimum atomic E-state index is -0.855. The third-order valence-electron chi connectivity index (χ3n) is 5.44. The molecule has 0 aromatic heterocycles. The second-order valence-electron chi connectivity index (χ2n) is 5.96. The lowest BCUT2D eigenvalue weighted by atomic mass is 9.79. The molecule has 1 fully saturated rings. The molecule has 1 saturated heterocycles. The van der Waals surface area contributed by atoms with Gasteiger partial charge in [-0.3, -0.25) is 4.79 Å². The number of carbonyl (C=O) groups excluding carboxylic acids is 1. The van der Waals surface area contributed by atoms with Crippen LogP contribution >= 0.6 is 0 Å². The zero-order chi connectivity index (χ0) is 15.4. The van der Waals surface area contributed by atoms with Gasteiger partial charge in [-0.25, -0.2) is 0 Å². The van der Waals surface area contributed by atoms with E-state index in [0.717, 1.165) is 32.4 Å². The molecule has 3 N–H and O–H groups in total. The second kappa shape index (κ2) is 6.46. The minimum absolute atomic E-state index is 0.0153. The Morgan fingerprint density at radius 1 is 1.30 bits per heavy atom. The van der Waals surface area contributed by atoms with Crippen LogP contribution in [0.3, 0.4) is 0 Å². The van der Waals surface area contributed by atoms with Gasteiger partial charge in [0, 0.05) is 13.1 Å². The van der Waals surface area contributed by atoms with E-state index >= 15 is 0 Å². The molecule has 1 amide bonds. The molecule has 1 heterocycles. The number of amidine groups is 1. The topological polar surface area (TPSA) is 78.9 Å². The summed E-state index contributed by atoms with van der Waals surface area (Å²) in [5.74, 6) is 0.0552. The summed E-state index contributed by atoms with van der Waals surface area (Å²) in [6, 6.07) is 0. The maximum Gasteiger partial charge on any atom is 0.236 e. The van der Waals surface area contributed by atoms with Crippen molar-refractivity contribution in [2.75, 3.05) is 13.1 Å². The van der Waals surface area contributed by atoms with Crippen molar-refractivity contribution in [1.82, 2.24) is 4.90 Å². The van der Waals surface area contributed by atoms with E-state index in [0.29, 0.717) is 12.8 Å². The summed E-state index contributed by atoms with van der Waals surface area (Å²) < 4.78 is 0. The molecule has 0 aromatic rings. The number of carbonyl (C=O) groups is 1. The summed E-state index contributed by atoms with van der Waals surface area (Å²) in [6.07, 6.45) is 4.33. The first-order valence-corrected chi connectivity index (χ1v) is 7.72. The van der Waals surface area contributed by atoms with Crippen LogP contribution in [0.2, 0.25) is 0 Å². The Kier molecular flexibility index (Phi) is 5.42. The monoisotopic (exact) mass is 283 g/mol. The lowest BCUT2D eigenvalue weighted by molar-refractivity contribution is -0.138. The predicted molar refractivity (Wildman–Crippen MR) is 80.6 cm³/mol. The number of amides is 1. The highest BCUT2D eigenvalue weighted by Crippen LogP contribution is 2.40. The first-order chi connectivity index (χ1) is 9.45. The number of nitrogens with zero attached hydrogens (tertiary/aromatic N) is 2. The molecule has 1 aliphatic rings. The molecule has 1 rings (SSSR count). The Hall–Kier alpha value is -1.26. The molecule has 0 radical (unpaired) electrons. The Labute approximate surface area is 122 Å². The van der Waals surface area contributed by atoms with Crippen molar-refractivity contribution in [2.45, 2.75) is 59.8 Å². The Morgan fingerprint density at radius 2 is 1.85 bits per heavy atom. The van der Waals surface area contributed by atoms with E-state index < -0.39 is 5.41 Å². The minimum Gasteiger partial charge on any atom is -0.409 e. The highest BCUT2D eigenvalue weighted by atomic mass is 16.4. The fourth-order valence-corrected chi connectivity index (χ4v) is 3.36. The summed E-state index contributed by atoms with van der Waals surface area (Å²) in [5.41, 5.74) is 5.22. The van der Waals surface area contributed by atoms with Gasteiger partial charge in [-0.2, -0.15) is 0 Å². The van der Waals surface area contributed by atoms with Crippen LogP contribution in [0, 0.1) is 10.8 Å². The largest absolute Gasteiger partial charge is 0.409 e. The van der Waals surface area contributed by atoms with Crippen molar-refractivity contribution in [2.24, 2.45) is 21.7 Å². The fraction of sp³-hybridized carbons (Fsp3) is 0.867. The molecule has 5 nitrogen and oxygen atoms in total. The van der Waals surface area contributed by atoms with Crippen LogP contribution in [-0.2, 0) is 4.79 Å². The van der Waals surface area contributed by atoms with Crippen LogP contribution in [-0.4, -0.2) is 34.9 Å². The van der Waals surface area contributed by atoms with E-state index in [1.165, 1.54) is 0 Å². The highest BCUT2D eigenvalue weighted by Gasteiger charge is 2.46. The number of hydrogen-bond donors (Lipinski definition) is 2. The van der Waals surface area contributed by atoms with E-state index in [2.05, 4.69) is 19.0 Å². The van der Waals surface area contributed by atoms with Gasteiger partial charge in [0.1, 0.15) is 5.41 Å². The lowest BCUT2D eigenvalue weighted by Crippen LogP contribution is -2.50. The number of nitrogens with two attached hydrogens (primary N) is 1. The van der Waals surface area contributed by atoms with Crippen LogP contribution in [0.1, 0.15) is 59.8 Å². The summed E-state index contributed by atoms with van der Waals surface area (Å²) >= 11 is 0. The van der Waals surface area contributed by atoms with Gasteiger partial charge >= 0.3 is 0 Å². The van der Waals surface area contributed by atoms with Crippen molar-refractivity contribution in [3.05, 3.63) is 0 Å². The van der Waals surface area contributed by atoms with Crippen molar-refractivity contribution in [3.63, 3.8) is 0 Å². The molecular weight excluding hydrogens is 254 g/mol. The standard InChI is InChI=1S/C15H29N3O2/c1-5-14(6-2)9-10-18(11-14)13(19)15(7-3,8-4)12(16)17-20/h20H,5-11H2,1-4H3,(H2,16,17). The van der Waals surface area contributed by atoms with Crippen LogP contribution < -0.4 is 5.73 Å². The van der Waals surface area contributed by atoms with Crippen LogP contribution in [0.25, 0.3) is 0 Å². The predicted octanol–water partition coefficient (Wildman–Crippen LogP) is 2.58. The Bertz CT molecular complexity index is 371. The molecule has 20 heavy (non-hydrogen) atoms. The summed E-state index contributed by atoms with van der Waals surface area (Å²) in [4.78, 5) is 14.8. The van der Waals surface area contributed by atoms with Gasteiger partial charge in [0.15, 0.2) is 5.84 Å². The molecular formula is C15H29N3O2.